The van der Waals surface area contributed by atoms with Gasteiger partial charge in [-0.15, -0.1) is 0 Å². The van der Waals surface area contributed by atoms with Gasteiger partial charge in [-0.3, -0.25) is 0 Å². The van der Waals surface area contributed by atoms with E-state index in [0.717, 1.165) is 16.7 Å². The molecule has 0 spiro atoms. The third-order valence-corrected chi connectivity index (χ3v) is 2.71. The second-order valence-electron chi connectivity index (χ2n) is 3.17. The highest BCUT2D eigenvalue weighted by Gasteiger charge is 2.23. The molecular weight excluding hydrogens is 244 g/mol. The minimum Gasteiger partial charge on any atom is -0.457 e. The lowest BCUT2D eigenvalue weighted by atomic mass is 9.99. The third-order valence-electron chi connectivity index (χ3n) is 2.45. The summed E-state index contributed by atoms with van der Waals surface area (Å²) in [4.78, 5) is 13.0. The Kier molecular flexibility index (Phi) is 2.42. The maximum Gasteiger partial charge on any atom is 0.338 e. The Labute approximate surface area is 90.7 Å². The Morgan fingerprint density at radius 1 is 1.50 bits per heavy atom. The normalized spacial score (nSPS) is 14.6. The summed E-state index contributed by atoms with van der Waals surface area (Å²) < 4.78 is 4.96. The summed E-state index contributed by atoms with van der Waals surface area (Å²) in [5.74, 6) is -0.211. The Morgan fingerprint density at radius 3 is 3.00 bits per heavy atom. The van der Waals surface area contributed by atoms with Crippen LogP contribution < -0.4 is 0 Å². The smallest absolute Gasteiger partial charge is 0.338 e. The predicted octanol–water partition coefficient (Wildman–Crippen LogP) is 3.03. The molecule has 0 fully saturated rings. The van der Waals surface area contributed by atoms with Gasteiger partial charge in [0.2, 0.25) is 0 Å². The van der Waals surface area contributed by atoms with E-state index in [1.807, 2.05) is 25.1 Å². The van der Waals surface area contributed by atoms with Crippen LogP contribution in [0.1, 0.15) is 27.0 Å². The zero-order valence-corrected chi connectivity index (χ0v) is 9.30. The summed E-state index contributed by atoms with van der Waals surface area (Å²) in [5.41, 5.74) is 3.94. The zero-order chi connectivity index (χ0) is 10.1. The van der Waals surface area contributed by atoms with Crippen LogP contribution in [0.3, 0.4) is 0 Å². The number of esters is 1. The van der Waals surface area contributed by atoms with E-state index in [1.165, 1.54) is 0 Å². The van der Waals surface area contributed by atoms with Crippen molar-refractivity contribution in [1.82, 2.24) is 0 Å². The van der Waals surface area contributed by atoms with E-state index in [9.17, 15) is 4.79 Å². The number of rotatable bonds is 1. The molecular formula is C11H9BrO2. The van der Waals surface area contributed by atoms with Gasteiger partial charge in [0.25, 0.3) is 0 Å². The highest BCUT2D eigenvalue weighted by atomic mass is 79.9. The monoisotopic (exact) mass is 252 g/mol. The Bertz CT molecular complexity index is 422. The average Bonchev–Trinajstić information content (AvgIpc) is 2.54. The van der Waals surface area contributed by atoms with Crippen LogP contribution >= 0.6 is 15.9 Å². The van der Waals surface area contributed by atoms with Gasteiger partial charge < -0.3 is 4.74 Å². The molecule has 2 rings (SSSR count). The van der Waals surface area contributed by atoms with Crippen LogP contribution in [0.25, 0.3) is 6.08 Å². The Balaban J connectivity index is 2.58. The van der Waals surface area contributed by atoms with Gasteiger partial charge in [-0.2, -0.15) is 0 Å². The number of hydrogen-bond acceptors (Lipinski definition) is 2. The first-order chi connectivity index (χ1) is 6.74. The van der Waals surface area contributed by atoms with Crippen molar-refractivity contribution in [1.29, 1.82) is 0 Å². The topological polar surface area (TPSA) is 26.3 Å². The van der Waals surface area contributed by atoms with Gasteiger partial charge in [-0.25, -0.2) is 4.79 Å². The molecule has 1 aliphatic rings. The van der Waals surface area contributed by atoms with Crippen LogP contribution in [0, 0.1) is 6.92 Å². The predicted molar refractivity (Wildman–Crippen MR) is 58.3 cm³/mol. The standard InChI is InChI=1S/C11H9BrO2/c1-7-8(4-5-12)2-3-9-10(7)6-14-11(9)13/h2-5H,6H2,1H3. The van der Waals surface area contributed by atoms with Crippen LogP contribution in [0.15, 0.2) is 17.1 Å². The summed E-state index contributed by atoms with van der Waals surface area (Å²) in [6.07, 6.45) is 1.96. The summed E-state index contributed by atoms with van der Waals surface area (Å²) in [6, 6.07) is 3.75. The first-order valence-electron chi connectivity index (χ1n) is 4.30. The molecule has 0 aliphatic carbocycles. The van der Waals surface area contributed by atoms with Crippen LogP contribution in [0.5, 0.6) is 0 Å². The number of benzene rings is 1. The molecule has 0 saturated heterocycles. The van der Waals surface area contributed by atoms with Gasteiger partial charge in [-0.05, 0) is 35.2 Å². The fourth-order valence-electron chi connectivity index (χ4n) is 1.62. The molecule has 0 N–H and O–H groups in total. The van der Waals surface area contributed by atoms with Crippen molar-refractivity contribution in [3.05, 3.63) is 39.4 Å². The maximum atomic E-state index is 11.2. The summed E-state index contributed by atoms with van der Waals surface area (Å²) in [7, 11) is 0. The summed E-state index contributed by atoms with van der Waals surface area (Å²) >= 11 is 3.23. The molecule has 3 heteroatoms. The minimum atomic E-state index is -0.211. The third kappa shape index (κ3) is 1.38. The van der Waals surface area contributed by atoms with Gasteiger partial charge in [0, 0.05) is 5.56 Å². The lowest BCUT2D eigenvalue weighted by Gasteiger charge is -2.03. The molecule has 1 aromatic rings. The number of ether oxygens (including phenoxy) is 1. The van der Waals surface area contributed by atoms with Crippen molar-refractivity contribution in [3.63, 3.8) is 0 Å². The van der Waals surface area contributed by atoms with E-state index in [2.05, 4.69) is 15.9 Å². The van der Waals surface area contributed by atoms with Gasteiger partial charge in [0.1, 0.15) is 6.61 Å². The van der Waals surface area contributed by atoms with E-state index in [4.69, 9.17) is 4.74 Å². The second-order valence-corrected chi connectivity index (χ2v) is 3.70. The van der Waals surface area contributed by atoms with E-state index in [1.54, 1.807) is 4.99 Å². The molecule has 0 amide bonds. The fourth-order valence-corrected chi connectivity index (χ4v) is 1.90. The van der Waals surface area contributed by atoms with Crippen LogP contribution in [-0.4, -0.2) is 5.97 Å². The first-order valence-corrected chi connectivity index (χ1v) is 5.22. The largest absolute Gasteiger partial charge is 0.457 e. The fraction of sp³-hybridized carbons (Fsp3) is 0.182. The molecule has 0 atom stereocenters. The highest BCUT2D eigenvalue weighted by molar-refractivity contribution is 9.11. The van der Waals surface area contributed by atoms with E-state index >= 15 is 0 Å². The Morgan fingerprint density at radius 2 is 2.29 bits per heavy atom. The molecule has 1 aromatic carbocycles. The molecule has 0 aromatic heterocycles. The molecule has 0 unspecified atom stereocenters. The molecule has 0 saturated carbocycles. The summed E-state index contributed by atoms with van der Waals surface area (Å²) in [6.45, 7) is 2.41. The van der Waals surface area contributed by atoms with E-state index in [-0.39, 0.29) is 5.97 Å². The lowest BCUT2D eigenvalue weighted by molar-refractivity contribution is 0.0535. The number of halogens is 1. The van der Waals surface area contributed by atoms with Gasteiger partial charge in [-0.1, -0.05) is 22.0 Å². The number of carbonyl (C=O) groups is 1. The summed E-state index contributed by atoms with van der Waals surface area (Å²) in [5, 5.41) is 0. The average molecular weight is 253 g/mol. The molecule has 0 bridgehead atoms. The van der Waals surface area contributed by atoms with Crippen LogP contribution in [0.2, 0.25) is 0 Å². The van der Waals surface area contributed by atoms with Crippen LogP contribution in [-0.2, 0) is 11.3 Å². The van der Waals surface area contributed by atoms with E-state index in [0.29, 0.717) is 12.2 Å². The van der Waals surface area contributed by atoms with Gasteiger partial charge >= 0.3 is 5.97 Å². The highest BCUT2D eigenvalue weighted by Crippen LogP contribution is 2.26. The van der Waals surface area contributed by atoms with Gasteiger partial charge in [0.05, 0.1) is 5.56 Å². The molecule has 14 heavy (non-hydrogen) atoms. The zero-order valence-electron chi connectivity index (χ0n) is 7.71. The number of fused-ring (bicyclic) bond motifs is 1. The molecule has 2 nitrogen and oxygen atoms in total. The number of hydrogen-bond donors (Lipinski definition) is 0. The quantitative estimate of drug-likeness (QED) is 0.719. The first kappa shape index (κ1) is 9.46. The number of cyclic esters (lactones) is 1. The number of carbonyl (C=O) groups excluding carboxylic acids is 1. The Hall–Kier alpha value is -1.09. The molecule has 1 aliphatic heterocycles. The minimum absolute atomic E-state index is 0.211. The van der Waals surface area contributed by atoms with Crippen molar-refractivity contribution >= 4 is 28.0 Å². The maximum absolute atomic E-state index is 11.2. The van der Waals surface area contributed by atoms with Crippen molar-refractivity contribution in [2.24, 2.45) is 0 Å². The molecule has 72 valence electrons. The molecule has 1 heterocycles. The second kappa shape index (κ2) is 3.58. The van der Waals surface area contributed by atoms with Crippen molar-refractivity contribution in [3.8, 4) is 0 Å². The molecule has 0 radical (unpaired) electrons. The van der Waals surface area contributed by atoms with Crippen molar-refractivity contribution < 1.29 is 9.53 Å². The van der Waals surface area contributed by atoms with Gasteiger partial charge in [0.15, 0.2) is 0 Å². The lowest BCUT2D eigenvalue weighted by Crippen LogP contribution is -1.94. The van der Waals surface area contributed by atoms with Crippen molar-refractivity contribution in [2.75, 3.05) is 0 Å². The van der Waals surface area contributed by atoms with Crippen molar-refractivity contribution in [2.45, 2.75) is 13.5 Å². The van der Waals surface area contributed by atoms with Crippen LogP contribution in [0.4, 0.5) is 0 Å². The van der Waals surface area contributed by atoms with E-state index < -0.39 is 0 Å². The SMILES string of the molecule is Cc1c(C=CBr)ccc2c1COC2=O.